The van der Waals surface area contributed by atoms with Crippen LogP contribution in [0.3, 0.4) is 0 Å². The van der Waals surface area contributed by atoms with Crippen LogP contribution in [-0.4, -0.2) is 46.5 Å². The molecule has 20 heavy (non-hydrogen) atoms. The number of carbonyl (C=O) groups excluding carboxylic acids is 1. The van der Waals surface area contributed by atoms with Gasteiger partial charge in [0.1, 0.15) is 0 Å². The molecule has 2 heterocycles. The molecular formula is C15H18N2O3. The molecule has 1 aromatic carbocycles. The van der Waals surface area contributed by atoms with Gasteiger partial charge in [0.15, 0.2) is 0 Å². The molecule has 2 amide bonds. The van der Waals surface area contributed by atoms with Crippen LogP contribution < -0.4 is 0 Å². The molecule has 106 valence electrons. The van der Waals surface area contributed by atoms with Crippen molar-refractivity contribution >= 4 is 12.0 Å². The van der Waals surface area contributed by atoms with E-state index in [4.69, 9.17) is 5.11 Å². The van der Waals surface area contributed by atoms with Crippen molar-refractivity contribution < 1.29 is 14.7 Å². The summed E-state index contributed by atoms with van der Waals surface area (Å²) in [5.41, 5.74) is 2.41. The molecule has 0 bridgehead atoms. The zero-order valence-electron chi connectivity index (χ0n) is 11.3. The van der Waals surface area contributed by atoms with Crippen molar-refractivity contribution in [1.29, 1.82) is 0 Å². The van der Waals surface area contributed by atoms with Gasteiger partial charge in [-0.05, 0) is 42.5 Å². The van der Waals surface area contributed by atoms with Crippen LogP contribution in [0.2, 0.25) is 0 Å². The van der Waals surface area contributed by atoms with E-state index in [-0.39, 0.29) is 6.03 Å². The molecule has 0 radical (unpaired) electrons. The van der Waals surface area contributed by atoms with Crippen LogP contribution in [-0.2, 0) is 13.0 Å². The fourth-order valence-corrected chi connectivity index (χ4v) is 2.96. The Morgan fingerprint density at radius 3 is 2.45 bits per heavy atom. The van der Waals surface area contributed by atoms with Crippen LogP contribution in [0, 0.1) is 0 Å². The summed E-state index contributed by atoms with van der Waals surface area (Å²) in [5, 5.41) is 9.05. The largest absolute Gasteiger partial charge is 0.478 e. The minimum atomic E-state index is -0.921. The average Bonchev–Trinajstić information content (AvgIpc) is 2.99. The predicted octanol–water partition coefficient (Wildman–Crippen LogP) is 1.96. The first kappa shape index (κ1) is 13.0. The summed E-state index contributed by atoms with van der Waals surface area (Å²) >= 11 is 0. The van der Waals surface area contributed by atoms with Gasteiger partial charge in [-0.25, -0.2) is 9.59 Å². The number of amides is 2. The van der Waals surface area contributed by atoms with E-state index < -0.39 is 5.97 Å². The Balaban J connectivity index is 1.78. The summed E-state index contributed by atoms with van der Waals surface area (Å²) in [5.74, 6) is -0.921. The third-order valence-electron chi connectivity index (χ3n) is 4.11. The number of hydrogen-bond donors (Lipinski definition) is 1. The Kier molecular flexibility index (Phi) is 3.34. The van der Waals surface area contributed by atoms with Crippen molar-refractivity contribution in [2.75, 3.05) is 19.6 Å². The number of carboxylic acid groups (broad SMARTS) is 1. The molecule has 5 nitrogen and oxygen atoms in total. The molecule has 1 saturated heterocycles. The maximum absolute atomic E-state index is 12.4. The van der Waals surface area contributed by atoms with Crippen molar-refractivity contribution in [3.05, 3.63) is 34.9 Å². The molecule has 1 fully saturated rings. The SMILES string of the molecule is O=C(O)c1ccc2c(c1)CN(C(=O)N1CCCC1)CC2. The Morgan fingerprint density at radius 1 is 1.00 bits per heavy atom. The Morgan fingerprint density at radius 2 is 1.75 bits per heavy atom. The third kappa shape index (κ3) is 2.35. The second-order valence-electron chi connectivity index (χ2n) is 5.44. The number of urea groups is 1. The molecule has 0 saturated carbocycles. The van der Waals surface area contributed by atoms with Gasteiger partial charge in [0.05, 0.1) is 5.56 Å². The summed E-state index contributed by atoms with van der Waals surface area (Å²) in [6, 6.07) is 5.30. The van der Waals surface area contributed by atoms with Gasteiger partial charge in [-0.2, -0.15) is 0 Å². The van der Waals surface area contributed by atoms with Gasteiger partial charge in [0.2, 0.25) is 0 Å². The van der Waals surface area contributed by atoms with Crippen LogP contribution in [0.4, 0.5) is 4.79 Å². The van der Waals surface area contributed by atoms with Crippen molar-refractivity contribution in [3.8, 4) is 0 Å². The molecule has 1 aromatic rings. The Hall–Kier alpha value is -2.04. The van der Waals surface area contributed by atoms with Crippen molar-refractivity contribution in [2.45, 2.75) is 25.8 Å². The number of aromatic carboxylic acids is 1. The average molecular weight is 274 g/mol. The monoisotopic (exact) mass is 274 g/mol. The van der Waals surface area contributed by atoms with Crippen LogP contribution in [0.5, 0.6) is 0 Å². The van der Waals surface area contributed by atoms with E-state index in [0.29, 0.717) is 12.1 Å². The lowest BCUT2D eigenvalue weighted by atomic mass is 9.97. The molecule has 0 atom stereocenters. The van der Waals surface area contributed by atoms with E-state index in [9.17, 15) is 9.59 Å². The van der Waals surface area contributed by atoms with Crippen LogP contribution in [0.1, 0.15) is 34.3 Å². The van der Waals surface area contributed by atoms with Gasteiger partial charge in [-0.15, -0.1) is 0 Å². The maximum Gasteiger partial charge on any atom is 0.335 e. The number of benzene rings is 1. The van der Waals surface area contributed by atoms with Crippen LogP contribution >= 0.6 is 0 Å². The van der Waals surface area contributed by atoms with E-state index in [2.05, 4.69) is 0 Å². The molecule has 2 aliphatic rings. The molecule has 1 N–H and O–H groups in total. The highest BCUT2D eigenvalue weighted by atomic mass is 16.4. The number of carboxylic acids is 1. The van der Waals surface area contributed by atoms with E-state index in [0.717, 1.165) is 50.0 Å². The predicted molar refractivity (Wildman–Crippen MR) is 73.7 cm³/mol. The fraction of sp³-hybridized carbons (Fsp3) is 0.467. The summed E-state index contributed by atoms with van der Waals surface area (Å²) in [7, 11) is 0. The van der Waals surface area contributed by atoms with Gasteiger partial charge < -0.3 is 14.9 Å². The molecule has 2 aliphatic heterocycles. The number of likely N-dealkylation sites (tertiary alicyclic amines) is 1. The number of rotatable bonds is 1. The van der Waals surface area contributed by atoms with E-state index in [1.54, 1.807) is 12.1 Å². The molecule has 0 aromatic heterocycles. The molecule has 0 unspecified atom stereocenters. The molecule has 3 rings (SSSR count). The van der Waals surface area contributed by atoms with Crippen LogP contribution in [0.25, 0.3) is 0 Å². The fourth-order valence-electron chi connectivity index (χ4n) is 2.96. The van der Waals surface area contributed by atoms with Crippen molar-refractivity contribution in [2.24, 2.45) is 0 Å². The first-order valence-electron chi connectivity index (χ1n) is 7.04. The molecule has 0 spiro atoms. The summed E-state index contributed by atoms with van der Waals surface area (Å²) < 4.78 is 0. The van der Waals surface area contributed by atoms with Gasteiger partial charge in [0, 0.05) is 26.2 Å². The highest BCUT2D eigenvalue weighted by Gasteiger charge is 2.27. The van der Waals surface area contributed by atoms with Gasteiger partial charge in [0.25, 0.3) is 0 Å². The lowest BCUT2D eigenvalue weighted by molar-refractivity contribution is 0.0696. The van der Waals surface area contributed by atoms with Crippen molar-refractivity contribution in [3.63, 3.8) is 0 Å². The summed E-state index contributed by atoms with van der Waals surface area (Å²) in [6.45, 7) is 2.93. The zero-order chi connectivity index (χ0) is 14.1. The minimum absolute atomic E-state index is 0.0916. The standard InChI is InChI=1S/C15H18N2O3/c18-14(19)12-4-3-11-5-8-17(10-13(11)9-12)15(20)16-6-1-2-7-16/h3-4,9H,1-2,5-8,10H2,(H,18,19). The molecular weight excluding hydrogens is 256 g/mol. The van der Waals surface area contributed by atoms with E-state index >= 15 is 0 Å². The smallest absolute Gasteiger partial charge is 0.335 e. The summed E-state index contributed by atoms with van der Waals surface area (Å²) in [6.07, 6.45) is 2.97. The second kappa shape index (κ2) is 5.15. The molecule has 5 heteroatoms. The second-order valence-corrected chi connectivity index (χ2v) is 5.44. The van der Waals surface area contributed by atoms with E-state index in [1.807, 2.05) is 15.9 Å². The normalized spacial score (nSPS) is 18.0. The zero-order valence-corrected chi connectivity index (χ0v) is 11.3. The van der Waals surface area contributed by atoms with E-state index in [1.165, 1.54) is 0 Å². The van der Waals surface area contributed by atoms with Gasteiger partial charge in [-0.3, -0.25) is 0 Å². The van der Waals surface area contributed by atoms with Crippen molar-refractivity contribution in [1.82, 2.24) is 9.80 Å². The third-order valence-corrected chi connectivity index (χ3v) is 4.11. The Labute approximate surface area is 117 Å². The highest BCUT2D eigenvalue weighted by Crippen LogP contribution is 2.22. The van der Waals surface area contributed by atoms with Gasteiger partial charge >= 0.3 is 12.0 Å². The Bertz CT molecular complexity index is 550. The number of nitrogens with zero attached hydrogens (tertiary/aromatic N) is 2. The maximum atomic E-state index is 12.4. The first-order valence-corrected chi connectivity index (χ1v) is 7.04. The highest BCUT2D eigenvalue weighted by molar-refractivity contribution is 5.88. The van der Waals surface area contributed by atoms with Gasteiger partial charge in [-0.1, -0.05) is 6.07 Å². The first-order chi connectivity index (χ1) is 9.65. The topological polar surface area (TPSA) is 60.9 Å². The molecule has 0 aliphatic carbocycles. The minimum Gasteiger partial charge on any atom is -0.478 e. The number of carbonyl (C=O) groups is 2. The quantitative estimate of drug-likeness (QED) is 0.851. The summed E-state index contributed by atoms with van der Waals surface area (Å²) in [4.78, 5) is 27.1. The lowest BCUT2D eigenvalue weighted by Gasteiger charge is -2.32. The number of fused-ring (bicyclic) bond motifs is 1. The lowest BCUT2D eigenvalue weighted by Crippen LogP contribution is -2.44. The number of hydrogen-bond acceptors (Lipinski definition) is 2. The van der Waals surface area contributed by atoms with Crippen LogP contribution in [0.15, 0.2) is 18.2 Å².